The fraction of sp³-hybridized carbons (Fsp3) is 0.0588. The molecule has 0 spiro atoms. The zero-order valence-corrected chi connectivity index (χ0v) is 15.5. The van der Waals surface area contributed by atoms with Gasteiger partial charge < -0.3 is 9.47 Å². The van der Waals surface area contributed by atoms with Crippen LogP contribution < -0.4 is 9.47 Å². The molecule has 4 rings (SSSR count). The third kappa shape index (κ3) is 2.70. The van der Waals surface area contributed by atoms with Gasteiger partial charge >= 0.3 is 0 Å². The molecule has 0 saturated carbocycles. The van der Waals surface area contributed by atoms with Gasteiger partial charge in [-0.05, 0) is 40.8 Å². The number of ether oxygens (including phenoxy) is 2. The molecule has 0 radical (unpaired) electrons. The van der Waals surface area contributed by atoms with E-state index >= 15 is 0 Å². The lowest BCUT2D eigenvalue weighted by Gasteiger charge is -2.12. The molecule has 0 amide bonds. The SMILES string of the molecule is Brc1ccccc1-c1ncncc1-c1cc2c(cc1I)OCO2. The zero-order chi connectivity index (χ0) is 15.8. The van der Waals surface area contributed by atoms with Crippen molar-refractivity contribution in [1.29, 1.82) is 0 Å². The molecular formula is C17H10BrIN2O2. The van der Waals surface area contributed by atoms with E-state index in [2.05, 4.69) is 48.5 Å². The first-order chi connectivity index (χ1) is 11.2. The van der Waals surface area contributed by atoms with E-state index in [4.69, 9.17) is 9.47 Å². The minimum Gasteiger partial charge on any atom is -0.454 e. The van der Waals surface area contributed by atoms with Crippen molar-refractivity contribution in [3.63, 3.8) is 0 Å². The van der Waals surface area contributed by atoms with Crippen molar-refractivity contribution in [2.24, 2.45) is 0 Å². The molecule has 3 aromatic rings. The van der Waals surface area contributed by atoms with Crippen molar-refractivity contribution in [3.8, 4) is 33.9 Å². The minimum atomic E-state index is 0.261. The Morgan fingerprint density at radius 1 is 1.00 bits per heavy atom. The van der Waals surface area contributed by atoms with Crippen LogP contribution in [0.1, 0.15) is 0 Å². The highest BCUT2D eigenvalue weighted by atomic mass is 127. The quantitative estimate of drug-likeness (QED) is 0.489. The molecule has 2 heterocycles. The molecule has 0 aliphatic carbocycles. The highest BCUT2D eigenvalue weighted by Crippen LogP contribution is 2.42. The summed E-state index contributed by atoms with van der Waals surface area (Å²) in [5.41, 5.74) is 3.89. The van der Waals surface area contributed by atoms with Crippen LogP contribution in [0.3, 0.4) is 0 Å². The van der Waals surface area contributed by atoms with Crippen molar-refractivity contribution >= 4 is 38.5 Å². The van der Waals surface area contributed by atoms with E-state index in [0.717, 1.165) is 41.9 Å². The lowest BCUT2D eigenvalue weighted by Crippen LogP contribution is -1.94. The van der Waals surface area contributed by atoms with Crippen molar-refractivity contribution in [2.45, 2.75) is 0 Å². The van der Waals surface area contributed by atoms with E-state index in [0.29, 0.717) is 0 Å². The molecule has 1 aliphatic rings. The fourth-order valence-corrected chi connectivity index (χ4v) is 3.72. The van der Waals surface area contributed by atoms with Gasteiger partial charge in [0, 0.05) is 30.9 Å². The zero-order valence-electron chi connectivity index (χ0n) is 11.8. The molecule has 4 nitrogen and oxygen atoms in total. The van der Waals surface area contributed by atoms with Gasteiger partial charge in [0.2, 0.25) is 6.79 Å². The summed E-state index contributed by atoms with van der Waals surface area (Å²) in [6.45, 7) is 0.261. The maximum absolute atomic E-state index is 5.51. The molecule has 1 aromatic heterocycles. The number of aromatic nitrogens is 2. The summed E-state index contributed by atoms with van der Waals surface area (Å²) in [7, 11) is 0. The Labute approximate surface area is 155 Å². The van der Waals surface area contributed by atoms with Crippen LogP contribution in [0.4, 0.5) is 0 Å². The predicted molar refractivity (Wildman–Crippen MR) is 99.4 cm³/mol. The van der Waals surface area contributed by atoms with Crippen molar-refractivity contribution < 1.29 is 9.47 Å². The molecule has 0 bridgehead atoms. The summed E-state index contributed by atoms with van der Waals surface area (Å²) in [4.78, 5) is 8.71. The Balaban J connectivity index is 1.93. The number of nitrogens with zero attached hydrogens (tertiary/aromatic N) is 2. The monoisotopic (exact) mass is 480 g/mol. The molecule has 2 aromatic carbocycles. The topological polar surface area (TPSA) is 44.2 Å². The van der Waals surface area contributed by atoms with Gasteiger partial charge in [-0.2, -0.15) is 0 Å². The van der Waals surface area contributed by atoms with Crippen LogP contribution in [0.15, 0.2) is 53.4 Å². The van der Waals surface area contributed by atoms with Gasteiger partial charge in [0.15, 0.2) is 11.5 Å². The Morgan fingerprint density at radius 2 is 1.78 bits per heavy atom. The standard InChI is InChI=1S/C17H10BrIN2O2/c18-13-4-2-1-3-10(13)17-12(7-20-8-21-17)11-5-15-16(6-14(11)19)23-9-22-15/h1-8H,9H2. The first-order valence-electron chi connectivity index (χ1n) is 6.88. The summed E-state index contributed by atoms with van der Waals surface area (Å²) in [6.07, 6.45) is 3.40. The van der Waals surface area contributed by atoms with Gasteiger partial charge in [-0.25, -0.2) is 9.97 Å². The second kappa shape index (κ2) is 6.09. The van der Waals surface area contributed by atoms with Crippen molar-refractivity contribution in [3.05, 3.63) is 57.0 Å². The number of halogens is 2. The van der Waals surface area contributed by atoms with E-state index < -0.39 is 0 Å². The molecule has 0 fully saturated rings. The molecule has 0 atom stereocenters. The Kier molecular flexibility index (Phi) is 3.94. The maximum Gasteiger partial charge on any atom is 0.231 e. The molecule has 114 valence electrons. The summed E-state index contributed by atoms with van der Waals surface area (Å²) < 4.78 is 13.0. The molecule has 0 saturated heterocycles. The highest BCUT2D eigenvalue weighted by Gasteiger charge is 2.20. The number of hydrogen-bond donors (Lipinski definition) is 0. The summed E-state index contributed by atoms with van der Waals surface area (Å²) in [6, 6.07) is 12.0. The number of hydrogen-bond acceptors (Lipinski definition) is 4. The Hall–Kier alpha value is -1.67. The van der Waals surface area contributed by atoms with E-state index in [-0.39, 0.29) is 6.79 Å². The smallest absolute Gasteiger partial charge is 0.231 e. The van der Waals surface area contributed by atoms with E-state index in [1.807, 2.05) is 42.6 Å². The van der Waals surface area contributed by atoms with E-state index in [1.165, 1.54) is 0 Å². The summed E-state index contributed by atoms with van der Waals surface area (Å²) >= 11 is 5.90. The predicted octanol–water partition coefficient (Wildman–Crippen LogP) is 4.91. The van der Waals surface area contributed by atoms with Gasteiger partial charge in [0.25, 0.3) is 0 Å². The number of benzene rings is 2. The fourth-order valence-electron chi connectivity index (χ4n) is 2.52. The number of rotatable bonds is 2. The molecular weight excluding hydrogens is 471 g/mol. The van der Waals surface area contributed by atoms with Crippen LogP contribution in [0.5, 0.6) is 11.5 Å². The van der Waals surface area contributed by atoms with Crippen LogP contribution >= 0.6 is 38.5 Å². The molecule has 0 unspecified atom stereocenters. The largest absolute Gasteiger partial charge is 0.454 e. The normalized spacial score (nSPS) is 12.4. The van der Waals surface area contributed by atoms with Gasteiger partial charge in [-0.1, -0.05) is 34.1 Å². The second-order valence-corrected chi connectivity index (χ2v) is 6.97. The minimum absolute atomic E-state index is 0.261. The van der Waals surface area contributed by atoms with Gasteiger partial charge in [-0.15, -0.1) is 0 Å². The molecule has 0 N–H and O–H groups in total. The van der Waals surface area contributed by atoms with Crippen molar-refractivity contribution in [1.82, 2.24) is 9.97 Å². The first kappa shape index (κ1) is 14.9. The van der Waals surface area contributed by atoms with E-state index in [1.54, 1.807) is 6.33 Å². The van der Waals surface area contributed by atoms with Crippen LogP contribution in [-0.2, 0) is 0 Å². The summed E-state index contributed by atoms with van der Waals surface area (Å²) in [5, 5.41) is 0. The average Bonchev–Trinajstić information content (AvgIpc) is 3.02. The third-order valence-corrected chi connectivity index (χ3v) is 5.18. The van der Waals surface area contributed by atoms with Crippen LogP contribution in [0.25, 0.3) is 22.4 Å². The first-order valence-corrected chi connectivity index (χ1v) is 8.75. The lowest BCUT2D eigenvalue weighted by atomic mass is 10.0. The molecule has 23 heavy (non-hydrogen) atoms. The highest BCUT2D eigenvalue weighted by molar-refractivity contribution is 14.1. The van der Waals surface area contributed by atoms with Gasteiger partial charge in [0.1, 0.15) is 6.33 Å². The Bertz CT molecular complexity index is 902. The average molecular weight is 481 g/mol. The van der Waals surface area contributed by atoms with Crippen LogP contribution in [0.2, 0.25) is 0 Å². The van der Waals surface area contributed by atoms with E-state index in [9.17, 15) is 0 Å². The molecule has 1 aliphatic heterocycles. The Morgan fingerprint density at radius 3 is 2.61 bits per heavy atom. The third-order valence-electron chi connectivity index (χ3n) is 3.59. The second-order valence-electron chi connectivity index (χ2n) is 4.95. The van der Waals surface area contributed by atoms with Gasteiger partial charge in [-0.3, -0.25) is 0 Å². The lowest BCUT2D eigenvalue weighted by molar-refractivity contribution is 0.174. The number of fused-ring (bicyclic) bond motifs is 1. The maximum atomic E-state index is 5.51. The van der Waals surface area contributed by atoms with Crippen molar-refractivity contribution in [2.75, 3.05) is 6.79 Å². The van der Waals surface area contributed by atoms with Crippen LogP contribution in [0, 0.1) is 3.57 Å². The van der Waals surface area contributed by atoms with Gasteiger partial charge in [0.05, 0.1) is 5.69 Å². The molecule has 6 heteroatoms. The summed E-state index contributed by atoms with van der Waals surface area (Å²) in [5.74, 6) is 1.53. The van der Waals surface area contributed by atoms with Crippen LogP contribution in [-0.4, -0.2) is 16.8 Å².